The molecule has 0 atom stereocenters. The molecule has 0 unspecified atom stereocenters. The van der Waals surface area contributed by atoms with E-state index in [9.17, 15) is 0 Å². The van der Waals surface area contributed by atoms with Crippen molar-refractivity contribution >= 4 is 33.5 Å². The summed E-state index contributed by atoms with van der Waals surface area (Å²) in [5.74, 6) is 1.40. The van der Waals surface area contributed by atoms with E-state index in [1.54, 1.807) is 20.4 Å². The average molecular weight is 339 g/mol. The molecule has 0 radical (unpaired) electrons. The van der Waals surface area contributed by atoms with Crippen LogP contribution in [0.3, 0.4) is 0 Å². The summed E-state index contributed by atoms with van der Waals surface area (Å²) in [6.45, 7) is 0. The topological polar surface area (TPSA) is 47.1 Å². The summed E-state index contributed by atoms with van der Waals surface area (Å²) in [4.78, 5) is 7.72. The molecule has 4 aromatic rings. The van der Waals surface area contributed by atoms with Crippen LogP contribution in [0.2, 0.25) is 5.02 Å². The van der Waals surface area contributed by atoms with Crippen LogP contribution >= 0.6 is 11.6 Å². The van der Waals surface area contributed by atoms with Crippen LogP contribution in [0.25, 0.3) is 33.1 Å². The average Bonchev–Trinajstić information content (AvgIpc) is 2.99. The Bertz CT molecular complexity index is 1060. The van der Waals surface area contributed by atoms with E-state index >= 15 is 0 Å². The van der Waals surface area contributed by atoms with E-state index in [-0.39, 0.29) is 0 Å². The lowest BCUT2D eigenvalue weighted by molar-refractivity contribution is 0.355. The lowest BCUT2D eigenvalue weighted by atomic mass is 9.99. The van der Waals surface area contributed by atoms with Gasteiger partial charge in [-0.2, -0.15) is 0 Å². The number of methoxy groups -OCH3 is 2. The Kier molecular flexibility index (Phi) is 3.54. The molecule has 24 heavy (non-hydrogen) atoms. The highest BCUT2D eigenvalue weighted by Crippen LogP contribution is 2.38. The number of ether oxygens (including phenoxy) is 2. The molecule has 0 saturated carbocycles. The summed E-state index contributed by atoms with van der Waals surface area (Å²) in [5, 5.41) is 2.71. The second-order valence-electron chi connectivity index (χ2n) is 5.47. The van der Waals surface area contributed by atoms with Gasteiger partial charge in [0.2, 0.25) is 0 Å². The number of rotatable bonds is 3. The Morgan fingerprint density at radius 3 is 2.62 bits per heavy atom. The van der Waals surface area contributed by atoms with Gasteiger partial charge in [-0.1, -0.05) is 29.8 Å². The summed E-state index contributed by atoms with van der Waals surface area (Å²) < 4.78 is 10.8. The first kappa shape index (κ1) is 14.8. The molecule has 0 aliphatic rings. The second-order valence-corrected chi connectivity index (χ2v) is 5.91. The lowest BCUT2D eigenvalue weighted by Crippen LogP contribution is -1.91. The first-order valence-corrected chi connectivity index (χ1v) is 7.87. The lowest BCUT2D eigenvalue weighted by Gasteiger charge is -2.10. The van der Waals surface area contributed by atoms with E-state index in [0.29, 0.717) is 16.5 Å². The van der Waals surface area contributed by atoms with Gasteiger partial charge in [0.25, 0.3) is 0 Å². The summed E-state index contributed by atoms with van der Waals surface area (Å²) in [5.41, 5.74) is 3.97. The van der Waals surface area contributed by atoms with Gasteiger partial charge in [-0.25, -0.2) is 4.98 Å². The number of nitrogens with zero attached hydrogens (tertiary/aromatic N) is 1. The predicted molar refractivity (Wildman–Crippen MR) is 97.1 cm³/mol. The fourth-order valence-electron chi connectivity index (χ4n) is 3.05. The first-order valence-electron chi connectivity index (χ1n) is 7.49. The zero-order valence-corrected chi connectivity index (χ0v) is 14.0. The number of fused-ring (bicyclic) bond motifs is 3. The molecule has 0 aliphatic heterocycles. The summed E-state index contributed by atoms with van der Waals surface area (Å²) in [7, 11) is 3.27. The smallest absolute Gasteiger partial charge is 0.161 e. The van der Waals surface area contributed by atoms with Gasteiger partial charge in [0, 0.05) is 22.5 Å². The monoisotopic (exact) mass is 338 g/mol. The molecule has 2 aromatic carbocycles. The molecule has 5 heteroatoms. The van der Waals surface area contributed by atoms with Crippen molar-refractivity contribution in [2.45, 2.75) is 0 Å². The summed E-state index contributed by atoms with van der Waals surface area (Å²) in [6, 6.07) is 14.0. The maximum Gasteiger partial charge on any atom is 0.161 e. The van der Waals surface area contributed by atoms with Crippen molar-refractivity contribution in [3.8, 4) is 22.6 Å². The molecule has 0 bridgehead atoms. The zero-order chi connectivity index (χ0) is 16.7. The standard InChI is InChI=1S/C19H15ClN2O2/c1-23-16-7-6-11(8-17(16)24-2)13-4-3-5-15-18(13)14-9-12(20)10-21-19(14)22-15/h3-10H,1-2H3,(H,21,22). The Morgan fingerprint density at radius 1 is 1.00 bits per heavy atom. The predicted octanol–water partition coefficient (Wildman–Crippen LogP) is 5.05. The highest BCUT2D eigenvalue weighted by molar-refractivity contribution is 6.31. The number of aromatic amines is 1. The molecule has 4 nitrogen and oxygen atoms in total. The highest BCUT2D eigenvalue weighted by Gasteiger charge is 2.13. The molecule has 4 rings (SSSR count). The van der Waals surface area contributed by atoms with E-state index in [1.165, 1.54) is 0 Å². The molecule has 0 amide bonds. The number of benzene rings is 2. The molecule has 0 fully saturated rings. The van der Waals surface area contributed by atoms with Crippen LogP contribution in [-0.2, 0) is 0 Å². The molecular weight excluding hydrogens is 324 g/mol. The van der Waals surface area contributed by atoms with Crippen molar-refractivity contribution < 1.29 is 9.47 Å². The molecule has 1 N–H and O–H groups in total. The maximum absolute atomic E-state index is 6.15. The van der Waals surface area contributed by atoms with Crippen molar-refractivity contribution in [2.75, 3.05) is 14.2 Å². The Morgan fingerprint density at radius 2 is 1.83 bits per heavy atom. The van der Waals surface area contributed by atoms with Crippen molar-refractivity contribution in [3.05, 3.63) is 53.7 Å². The molecule has 2 heterocycles. The van der Waals surface area contributed by atoms with Crippen LogP contribution in [0.15, 0.2) is 48.7 Å². The van der Waals surface area contributed by atoms with Gasteiger partial charge < -0.3 is 14.5 Å². The van der Waals surface area contributed by atoms with E-state index in [0.717, 1.165) is 33.1 Å². The summed E-state index contributed by atoms with van der Waals surface area (Å²) >= 11 is 6.15. The third-order valence-corrected chi connectivity index (χ3v) is 4.34. The number of aromatic nitrogens is 2. The molecule has 120 valence electrons. The van der Waals surface area contributed by atoms with Gasteiger partial charge in [-0.3, -0.25) is 0 Å². The van der Waals surface area contributed by atoms with Gasteiger partial charge in [0.1, 0.15) is 5.65 Å². The summed E-state index contributed by atoms with van der Waals surface area (Å²) in [6.07, 6.45) is 1.65. The zero-order valence-electron chi connectivity index (χ0n) is 13.3. The van der Waals surface area contributed by atoms with Crippen LogP contribution in [0.5, 0.6) is 11.5 Å². The fourth-order valence-corrected chi connectivity index (χ4v) is 3.21. The van der Waals surface area contributed by atoms with E-state index in [2.05, 4.69) is 16.0 Å². The van der Waals surface area contributed by atoms with Gasteiger partial charge in [0.15, 0.2) is 11.5 Å². The first-order chi connectivity index (χ1) is 11.7. The molecular formula is C19H15ClN2O2. The minimum absolute atomic E-state index is 0.616. The maximum atomic E-state index is 6.15. The number of hydrogen-bond acceptors (Lipinski definition) is 3. The molecule has 2 aromatic heterocycles. The Labute approximate surface area is 144 Å². The van der Waals surface area contributed by atoms with Gasteiger partial charge >= 0.3 is 0 Å². The van der Waals surface area contributed by atoms with Gasteiger partial charge in [0.05, 0.1) is 19.2 Å². The normalized spacial score (nSPS) is 11.1. The van der Waals surface area contributed by atoms with Crippen molar-refractivity contribution in [1.29, 1.82) is 0 Å². The quantitative estimate of drug-likeness (QED) is 0.568. The fraction of sp³-hybridized carbons (Fsp3) is 0.105. The van der Waals surface area contributed by atoms with Crippen molar-refractivity contribution in [1.82, 2.24) is 9.97 Å². The van der Waals surface area contributed by atoms with E-state index < -0.39 is 0 Å². The third kappa shape index (κ3) is 2.27. The van der Waals surface area contributed by atoms with Crippen LogP contribution in [-0.4, -0.2) is 24.2 Å². The molecule has 0 spiro atoms. The largest absolute Gasteiger partial charge is 0.493 e. The van der Waals surface area contributed by atoms with Gasteiger partial charge in [-0.15, -0.1) is 0 Å². The van der Waals surface area contributed by atoms with Crippen LogP contribution in [0.4, 0.5) is 0 Å². The number of nitrogens with one attached hydrogen (secondary N) is 1. The van der Waals surface area contributed by atoms with Crippen molar-refractivity contribution in [3.63, 3.8) is 0 Å². The second kappa shape index (κ2) is 5.73. The van der Waals surface area contributed by atoms with Gasteiger partial charge in [-0.05, 0) is 35.4 Å². The van der Waals surface area contributed by atoms with Crippen LogP contribution in [0, 0.1) is 0 Å². The SMILES string of the molecule is COc1ccc(-c2cccc3[nH]c4ncc(Cl)cc4c23)cc1OC. The number of hydrogen-bond donors (Lipinski definition) is 1. The highest BCUT2D eigenvalue weighted by atomic mass is 35.5. The van der Waals surface area contributed by atoms with Crippen LogP contribution in [0.1, 0.15) is 0 Å². The minimum Gasteiger partial charge on any atom is -0.493 e. The minimum atomic E-state index is 0.616. The molecule has 0 aliphatic carbocycles. The number of pyridine rings is 1. The van der Waals surface area contributed by atoms with E-state index in [4.69, 9.17) is 21.1 Å². The molecule has 0 saturated heterocycles. The number of halogens is 1. The third-order valence-electron chi connectivity index (χ3n) is 4.14. The van der Waals surface area contributed by atoms with E-state index in [1.807, 2.05) is 36.4 Å². The number of H-pyrrole nitrogens is 1. The Hall–Kier alpha value is -2.72. The van der Waals surface area contributed by atoms with Crippen molar-refractivity contribution in [2.24, 2.45) is 0 Å². The van der Waals surface area contributed by atoms with Crippen LogP contribution < -0.4 is 9.47 Å². The Balaban J connectivity index is 2.03.